The first kappa shape index (κ1) is 12.9. The molecule has 0 aromatic carbocycles. The van der Waals surface area contributed by atoms with E-state index in [1.54, 1.807) is 13.8 Å². The zero-order valence-corrected chi connectivity index (χ0v) is 10.7. The van der Waals surface area contributed by atoms with E-state index in [9.17, 15) is 8.42 Å². The van der Waals surface area contributed by atoms with Gasteiger partial charge in [-0.3, -0.25) is 4.90 Å². The van der Waals surface area contributed by atoms with Crippen LogP contribution in [0.3, 0.4) is 0 Å². The van der Waals surface area contributed by atoms with Crippen molar-refractivity contribution in [2.24, 2.45) is 0 Å². The summed E-state index contributed by atoms with van der Waals surface area (Å²) in [4.78, 5) is 2.22. The highest BCUT2D eigenvalue weighted by atomic mass is 32.2. The molecule has 0 aromatic heterocycles. The summed E-state index contributed by atoms with van der Waals surface area (Å²) < 4.78 is 23.2. The number of hydrogen-bond donors (Lipinski definition) is 1. The number of nitrogens with zero attached hydrogens (tertiary/aromatic N) is 1. The van der Waals surface area contributed by atoms with Gasteiger partial charge in [-0.05, 0) is 20.8 Å². The third-order valence-electron chi connectivity index (χ3n) is 2.86. The van der Waals surface area contributed by atoms with E-state index < -0.39 is 9.84 Å². The molecule has 15 heavy (non-hydrogen) atoms. The molecule has 1 unspecified atom stereocenters. The molecular weight excluding hydrogens is 212 g/mol. The Bertz CT molecular complexity index is 288. The third-order valence-corrected chi connectivity index (χ3v) is 5.05. The molecule has 1 fully saturated rings. The van der Waals surface area contributed by atoms with Crippen LogP contribution in [0.1, 0.15) is 20.8 Å². The first-order valence-corrected chi connectivity index (χ1v) is 7.30. The van der Waals surface area contributed by atoms with Crippen LogP contribution in [0, 0.1) is 0 Å². The number of rotatable bonds is 4. The van der Waals surface area contributed by atoms with Gasteiger partial charge in [0.2, 0.25) is 0 Å². The van der Waals surface area contributed by atoms with E-state index in [0.29, 0.717) is 12.6 Å². The molecule has 0 amide bonds. The average Bonchev–Trinajstić information content (AvgIpc) is 2.15. The number of sulfone groups is 1. The lowest BCUT2D eigenvalue weighted by Gasteiger charge is -2.31. The van der Waals surface area contributed by atoms with Gasteiger partial charge < -0.3 is 5.32 Å². The third kappa shape index (κ3) is 4.09. The van der Waals surface area contributed by atoms with Gasteiger partial charge in [-0.25, -0.2) is 8.42 Å². The fraction of sp³-hybridized carbons (Fsp3) is 1.00. The fourth-order valence-corrected chi connectivity index (χ4v) is 2.69. The van der Waals surface area contributed by atoms with Crippen molar-refractivity contribution in [3.63, 3.8) is 0 Å². The van der Waals surface area contributed by atoms with Gasteiger partial charge in [0, 0.05) is 32.2 Å². The number of piperazine rings is 1. The molecule has 0 radical (unpaired) electrons. The Kier molecular flexibility index (Phi) is 4.55. The zero-order valence-electron chi connectivity index (χ0n) is 9.86. The number of hydrogen-bond acceptors (Lipinski definition) is 4. The lowest BCUT2D eigenvalue weighted by molar-refractivity contribution is 0.217. The molecule has 5 heteroatoms. The molecule has 0 aliphatic carbocycles. The van der Waals surface area contributed by atoms with E-state index in [1.165, 1.54) is 0 Å². The fourth-order valence-electron chi connectivity index (χ4n) is 1.71. The molecule has 1 aliphatic heterocycles. The summed E-state index contributed by atoms with van der Waals surface area (Å²) in [6.07, 6.45) is 0. The largest absolute Gasteiger partial charge is 0.312 e. The molecule has 0 saturated carbocycles. The molecule has 1 atom stereocenters. The van der Waals surface area contributed by atoms with Crippen molar-refractivity contribution >= 4 is 9.84 Å². The van der Waals surface area contributed by atoms with Crippen LogP contribution in [0.2, 0.25) is 0 Å². The van der Waals surface area contributed by atoms with Crippen LogP contribution in [0.5, 0.6) is 0 Å². The van der Waals surface area contributed by atoms with Crippen molar-refractivity contribution in [1.82, 2.24) is 10.2 Å². The lowest BCUT2D eigenvalue weighted by atomic mass is 10.2. The van der Waals surface area contributed by atoms with Gasteiger partial charge in [-0.1, -0.05) is 0 Å². The van der Waals surface area contributed by atoms with E-state index in [-0.39, 0.29) is 11.0 Å². The summed E-state index contributed by atoms with van der Waals surface area (Å²) in [5, 5.41) is 3.09. The van der Waals surface area contributed by atoms with Gasteiger partial charge >= 0.3 is 0 Å². The van der Waals surface area contributed by atoms with E-state index in [1.807, 2.05) is 0 Å². The maximum absolute atomic E-state index is 11.6. The van der Waals surface area contributed by atoms with Crippen LogP contribution >= 0.6 is 0 Å². The first-order chi connectivity index (χ1) is 6.92. The van der Waals surface area contributed by atoms with Crippen molar-refractivity contribution in [3.05, 3.63) is 0 Å². The van der Waals surface area contributed by atoms with Crippen LogP contribution < -0.4 is 5.32 Å². The summed E-state index contributed by atoms with van der Waals surface area (Å²) in [7, 11) is -2.88. The Hall–Kier alpha value is -0.130. The van der Waals surface area contributed by atoms with Crippen molar-refractivity contribution in [2.45, 2.75) is 32.1 Å². The summed E-state index contributed by atoms with van der Waals surface area (Å²) in [5.74, 6) is 0.289. The summed E-state index contributed by atoms with van der Waals surface area (Å²) in [5.41, 5.74) is 0. The SMILES string of the molecule is CC1CN(CCS(=O)(=O)C(C)C)CCN1. The predicted octanol–water partition coefficient (Wildman–Crippen LogP) is 0.103. The Morgan fingerprint density at radius 2 is 2.13 bits per heavy atom. The Labute approximate surface area is 93.0 Å². The van der Waals surface area contributed by atoms with Crippen LogP contribution in [0.25, 0.3) is 0 Å². The second kappa shape index (κ2) is 5.27. The lowest BCUT2D eigenvalue weighted by Crippen LogP contribution is -2.50. The predicted molar refractivity (Wildman–Crippen MR) is 62.8 cm³/mol. The van der Waals surface area contributed by atoms with Gasteiger partial charge in [-0.2, -0.15) is 0 Å². The van der Waals surface area contributed by atoms with Crippen molar-refractivity contribution in [1.29, 1.82) is 0 Å². The summed E-state index contributed by atoms with van der Waals surface area (Å²) in [6, 6.07) is 0.473. The quantitative estimate of drug-likeness (QED) is 0.750. The van der Waals surface area contributed by atoms with Crippen molar-refractivity contribution in [2.75, 3.05) is 31.9 Å². The van der Waals surface area contributed by atoms with Gasteiger partial charge in [-0.15, -0.1) is 0 Å². The molecule has 1 rings (SSSR count). The average molecular weight is 234 g/mol. The van der Waals surface area contributed by atoms with E-state index in [4.69, 9.17) is 0 Å². The molecule has 0 bridgehead atoms. The van der Waals surface area contributed by atoms with Crippen molar-refractivity contribution in [3.8, 4) is 0 Å². The smallest absolute Gasteiger partial charge is 0.153 e. The monoisotopic (exact) mass is 234 g/mol. The highest BCUT2D eigenvalue weighted by Gasteiger charge is 2.20. The second-order valence-electron chi connectivity index (χ2n) is 4.57. The van der Waals surface area contributed by atoms with E-state index in [0.717, 1.165) is 19.6 Å². The zero-order chi connectivity index (χ0) is 11.5. The highest BCUT2D eigenvalue weighted by Crippen LogP contribution is 2.04. The second-order valence-corrected chi connectivity index (χ2v) is 7.25. The molecule has 1 heterocycles. The first-order valence-electron chi connectivity index (χ1n) is 5.59. The molecule has 0 spiro atoms. The molecule has 0 aromatic rings. The Morgan fingerprint density at radius 1 is 1.47 bits per heavy atom. The van der Waals surface area contributed by atoms with Gasteiger partial charge in [0.25, 0.3) is 0 Å². The Morgan fingerprint density at radius 3 is 2.67 bits per heavy atom. The van der Waals surface area contributed by atoms with Gasteiger partial charge in [0.1, 0.15) is 0 Å². The highest BCUT2D eigenvalue weighted by molar-refractivity contribution is 7.92. The standard InChI is InChI=1S/C10H22N2O2S/c1-9(2)15(13,14)7-6-12-5-4-11-10(3)8-12/h9-11H,4-8H2,1-3H3. The molecule has 90 valence electrons. The maximum Gasteiger partial charge on any atom is 0.153 e. The summed E-state index contributed by atoms with van der Waals surface area (Å²) in [6.45, 7) is 9.16. The van der Waals surface area contributed by atoms with Crippen molar-refractivity contribution < 1.29 is 8.42 Å². The minimum Gasteiger partial charge on any atom is -0.312 e. The summed E-state index contributed by atoms with van der Waals surface area (Å²) >= 11 is 0. The molecule has 1 N–H and O–H groups in total. The Balaban J connectivity index is 2.37. The molecule has 1 saturated heterocycles. The van der Waals surface area contributed by atoms with E-state index in [2.05, 4.69) is 17.1 Å². The topological polar surface area (TPSA) is 49.4 Å². The van der Waals surface area contributed by atoms with Crippen LogP contribution in [0.4, 0.5) is 0 Å². The van der Waals surface area contributed by atoms with Crippen LogP contribution in [-0.2, 0) is 9.84 Å². The minimum absolute atomic E-state index is 0.252. The molecule has 4 nitrogen and oxygen atoms in total. The van der Waals surface area contributed by atoms with E-state index >= 15 is 0 Å². The van der Waals surface area contributed by atoms with Gasteiger partial charge in [0.05, 0.1) is 11.0 Å². The van der Waals surface area contributed by atoms with Crippen LogP contribution in [0.15, 0.2) is 0 Å². The van der Waals surface area contributed by atoms with Gasteiger partial charge in [0.15, 0.2) is 9.84 Å². The normalized spacial score (nSPS) is 24.7. The minimum atomic E-state index is -2.88. The molecule has 1 aliphatic rings. The molecular formula is C10H22N2O2S. The van der Waals surface area contributed by atoms with Crippen LogP contribution in [-0.4, -0.2) is 56.5 Å². The maximum atomic E-state index is 11.6. The number of nitrogens with one attached hydrogen (secondary N) is 1.